The first kappa shape index (κ1) is 12.5. The summed E-state index contributed by atoms with van der Waals surface area (Å²) in [6.45, 7) is 0. The molecule has 88 valence electrons. The van der Waals surface area contributed by atoms with Crippen LogP contribution in [-0.4, -0.2) is 37.1 Å². The summed E-state index contributed by atoms with van der Waals surface area (Å²) in [5, 5.41) is 4.68. The molecule has 0 aromatic carbocycles. The van der Waals surface area contributed by atoms with E-state index in [1.807, 2.05) is 0 Å². The van der Waals surface area contributed by atoms with E-state index in [4.69, 9.17) is 4.55 Å². The predicted molar refractivity (Wildman–Crippen MR) is 56.9 cm³/mol. The van der Waals surface area contributed by atoms with E-state index in [0.717, 1.165) is 11.3 Å². The fraction of sp³-hybridized carbons (Fsp3) is 0.167. The molecule has 0 aliphatic carbocycles. The molecule has 0 atom stereocenters. The number of hydrogen-bond acceptors (Lipinski definition) is 7. The summed E-state index contributed by atoms with van der Waals surface area (Å²) in [6.07, 6.45) is 0.412. The Labute approximate surface area is 94.8 Å². The fourth-order valence-electron chi connectivity index (χ4n) is 0.776. The van der Waals surface area contributed by atoms with Gasteiger partial charge in [-0.05, 0) is 0 Å². The zero-order valence-corrected chi connectivity index (χ0v) is 9.58. The number of carbonyl (C=O) groups is 1. The highest BCUT2D eigenvalue weighted by Crippen LogP contribution is 2.16. The van der Waals surface area contributed by atoms with Gasteiger partial charge in [0, 0.05) is 5.38 Å². The number of aromatic nitrogens is 1. The van der Waals surface area contributed by atoms with Crippen LogP contribution in [0.4, 0.5) is 5.13 Å². The molecule has 0 unspecified atom stereocenters. The summed E-state index contributed by atoms with van der Waals surface area (Å²) in [5.74, 6) is 0. The molecule has 8 nitrogen and oxygen atoms in total. The number of nitrogens with one attached hydrogen (secondary N) is 1. The van der Waals surface area contributed by atoms with Crippen molar-refractivity contribution in [1.29, 1.82) is 0 Å². The predicted octanol–water partition coefficient (Wildman–Crippen LogP) is -0.0928. The SMILES string of the molecule is CON=C(C=O)c1csc(NS(=O)(=O)O)n1. The summed E-state index contributed by atoms with van der Waals surface area (Å²) < 4.78 is 31.2. The maximum absolute atomic E-state index is 10.6. The highest BCUT2D eigenvalue weighted by Gasteiger charge is 2.12. The second kappa shape index (κ2) is 5.01. The minimum absolute atomic E-state index is 0.0804. The summed E-state index contributed by atoms with van der Waals surface area (Å²) in [5.41, 5.74) is 0.0649. The number of thiazole rings is 1. The monoisotopic (exact) mass is 265 g/mol. The summed E-state index contributed by atoms with van der Waals surface area (Å²) in [7, 11) is -3.11. The first-order valence-corrected chi connectivity index (χ1v) is 6.05. The smallest absolute Gasteiger partial charge is 0.359 e. The molecule has 0 spiro atoms. The first-order valence-electron chi connectivity index (χ1n) is 3.73. The summed E-state index contributed by atoms with van der Waals surface area (Å²) in [4.78, 5) is 18.7. The van der Waals surface area contributed by atoms with Crippen LogP contribution in [0.1, 0.15) is 5.69 Å². The Morgan fingerprint density at radius 2 is 2.44 bits per heavy atom. The van der Waals surface area contributed by atoms with Crippen molar-refractivity contribution in [3.8, 4) is 0 Å². The van der Waals surface area contributed by atoms with Crippen molar-refractivity contribution in [2.24, 2.45) is 5.16 Å². The Hall–Kier alpha value is -1.52. The van der Waals surface area contributed by atoms with Gasteiger partial charge in [0.05, 0.1) is 0 Å². The number of hydrogen-bond donors (Lipinski definition) is 2. The van der Waals surface area contributed by atoms with Gasteiger partial charge in [0.2, 0.25) is 0 Å². The quantitative estimate of drug-likeness (QED) is 0.332. The zero-order chi connectivity index (χ0) is 12.2. The van der Waals surface area contributed by atoms with Crippen molar-refractivity contribution in [2.45, 2.75) is 0 Å². The van der Waals surface area contributed by atoms with Gasteiger partial charge in [-0.3, -0.25) is 9.35 Å². The molecule has 2 N–H and O–H groups in total. The van der Waals surface area contributed by atoms with Crippen LogP contribution in [0, 0.1) is 0 Å². The second-order valence-corrected chi connectivity index (χ2v) is 4.40. The summed E-state index contributed by atoms with van der Waals surface area (Å²) >= 11 is 0.889. The molecular weight excluding hydrogens is 258 g/mol. The number of nitrogens with zero attached hydrogens (tertiary/aromatic N) is 2. The number of oxime groups is 1. The molecule has 1 aromatic heterocycles. The van der Waals surface area contributed by atoms with Gasteiger partial charge in [-0.15, -0.1) is 11.3 Å². The fourth-order valence-corrected chi connectivity index (χ4v) is 2.10. The van der Waals surface area contributed by atoms with Gasteiger partial charge in [-0.2, -0.15) is 8.42 Å². The first-order chi connectivity index (χ1) is 7.46. The van der Waals surface area contributed by atoms with E-state index >= 15 is 0 Å². The average Bonchev–Trinajstić information content (AvgIpc) is 2.59. The van der Waals surface area contributed by atoms with Gasteiger partial charge < -0.3 is 4.84 Å². The molecule has 0 saturated carbocycles. The zero-order valence-electron chi connectivity index (χ0n) is 7.95. The van der Waals surface area contributed by atoms with Crippen LogP contribution in [-0.2, 0) is 19.9 Å². The Kier molecular flexibility index (Phi) is 3.93. The highest BCUT2D eigenvalue weighted by molar-refractivity contribution is 7.87. The molecule has 10 heteroatoms. The van der Waals surface area contributed by atoms with Crippen molar-refractivity contribution in [3.05, 3.63) is 11.1 Å². The molecule has 1 rings (SSSR count). The van der Waals surface area contributed by atoms with E-state index in [9.17, 15) is 13.2 Å². The minimum Gasteiger partial charge on any atom is -0.398 e. The third kappa shape index (κ3) is 3.56. The normalized spacial score (nSPS) is 12.2. The van der Waals surface area contributed by atoms with Crippen LogP contribution in [0.15, 0.2) is 10.5 Å². The lowest BCUT2D eigenvalue weighted by Crippen LogP contribution is -2.10. The van der Waals surface area contributed by atoms with Crippen LogP contribution in [0.3, 0.4) is 0 Å². The van der Waals surface area contributed by atoms with E-state index in [1.165, 1.54) is 12.5 Å². The van der Waals surface area contributed by atoms with E-state index in [1.54, 1.807) is 4.72 Å². The lowest BCUT2D eigenvalue weighted by molar-refractivity contribution is -0.102. The highest BCUT2D eigenvalue weighted by atomic mass is 32.2. The molecule has 0 aliphatic rings. The Balaban J connectivity index is 2.94. The maximum atomic E-state index is 10.6. The van der Waals surface area contributed by atoms with Gasteiger partial charge >= 0.3 is 10.3 Å². The Bertz CT molecular complexity index is 506. The maximum Gasteiger partial charge on any atom is 0.359 e. The third-order valence-corrected chi connectivity index (χ3v) is 2.62. The van der Waals surface area contributed by atoms with Crippen LogP contribution in [0.25, 0.3) is 0 Å². The second-order valence-electron chi connectivity index (χ2n) is 2.39. The van der Waals surface area contributed by atoms with Crippen molar-refractivity contribution in [3.63, 3.8) is 0 Å². The summed E-state index contributed by atoms with van der Waals surface area (Å²) in [6, 6.07) is 0. The molecule has 0 aliphatic heterocycles. The molecule has 0 bridgehead atoms. The molecule has 0 amide bonds. The van der Waals surface area contributed by atoms with Crippen LogP contribution in [0.5, 0.6) is 0 Å². The molecule has 0 radical (unpaired) electrons. The van der Waals surface area contributed by atoms with Crippen molar-refractivity contribution >= 4 is 38.8 Å². The third-order valence-electron chi connectivity index (χ3n) is 1.28. The molecule has 0 saturated heterocycles. The number of rotatable bonds is 5. The molecule has 1 aromatic rings. The number of carbonyl (C=O) groups excluding carboxylic acids is 1. The van der Waals surface area contributed by atoms with Gasteiger partial charge in [0.15, 0.2) is 17.1 Å². The average molecular weight is 265 g/mol. The lowest BCUT2D eigenvalue weighted by Gasteiger charge is -1.95. The van der Waals surface area contributed by atoms with Crippen molar-refractivity contribution < 1.29 is 22.6 Å². The van der Waals surface area contributed by atoms with Crippen LogP contribution in [0.2, 0.25) is 0 Å². The van der Waals surface area contributed by atoms with E-state index in [2.05, 4.69) is 15.0 Å². The van der Waals surface area contributed by atoms with Crippen molar-refractivity contribution in [2.75, 3.05) is 11.8 Å². The standard InChI is InChI=1S/C6H7N3O5S2/c1-14-8-4(2-10)5-3-15-6(7-5)9-16(11,12)13/h2-3H,1H3,(H,7,9)(H,11,12,13). The van der Waals surface area contributed by atoms with Crippen LogP contribution >= 0.6 is 11.3 Å². The lowest BCUT2D eigenvalue weighted by atomic mass is 10.3. The van der Waals surface area contributed by atoms with Crippen molar-refractivity contribution in [1.82, 2.24) is 4.98 Å². The van der Waals surface area contributed by atoms with Gasteiger partial charge in [-0.25, -0.2) is 9.71 Å². The van der Waals surface area contributed by atoms with E-state index < -0.39 is 10.3 Å². The molecule has 1 heterocycles. The molecule has 16 heavy (non-hydrogen) atoms. The van der Waals surface area contributed by atoms with Gasteiger partial charge in [0.25, 0.3) is 0 Å². The largest absolute Gasteiger partial charge is 0.398 e. The molecular formula is C6H7N3O5S2. The topological polar surface area (TPSA) is 118 Å². The molecule has 0 fully saturated rings. The number of aldehydes is 1. The van der Waals surface area contributed by atoms with Crippen LogP contribution < -0.4 is 4.72 Å². The number of anilines is 1. The van der Waals surface area contributed by atoms with Gasteiger partial charge in [-0.1, -0.05) is 5.16 Å². The van der Waals surface area contributed by atoms with Gasteiger partial charge in [0.1, 0.15) is 12.8 Å². The van der Waals surface area contributed by atoms with E-state index in [0.29, 0.717) is 6.29 Å². The van der Waals surface area contributed by atoms with E-state index in [-0.39, 0.29) is 16.5 Å². The minimum atomic E-state index is -4.37. The Morgan fingerprint density at radius 3 is 2.94 bits per heavy atom. The Morgan fingerprint density at radius 1 is 1.75 bits per heavy atom.